The Kier molecular flexibility index (Phi) is 8.58. The molecular weight excluding hydrogens is 473 g/mol. The Morgan fingerprint density at radius 3 is 2.31 bits per heavy atom. The van der Waals surface area contributed by atoms with Crippen molar-refractivity contribution < 1.29 is 27.9 Å². The zero-order valence-corrected chi connectivity index (χ0v) is 20.2. The number of anilines is 2. The molecule has 2 atom stereocenters. The molecule has 1 amide bonds. The van der Waals surface area contributed by atoms with Crippen LogP contribution < -0.4 is 10.2 Å². The van der Waals surface area contributed by atoms with Crippen LogP contribution in [0.3, 0.4) is 0 Å². The third-order valence-corrected chi connectivity index (χ3v) is 6.56. The van der Waals surface area contributed by atoms with Crippen molar-refractivity contribution in [2.45, 2.75) is 51.4 Å². The Hall–Kier alpha value is -3.58. The number of likely N-dealkylation sites (tertiary alicyclic amines) is 1. The lowest BCUT2D eigenvalue weighted by molar-refractivity contribution is -0.192. The lowest BCUT2D eigenvalue weighted by Gasteiger charge is -2.28. The fourth-order valence-electron chi connectivity index (χ4n) is 4.61. The molecule has 0 bridgehead atoms. The summed E-state index contributed by atoms with van der Waals surface area (Å²) in [4.78, 5) is 29.9. The van der Waals surface area contributed by atoms with Gasteiger partial charge in [0.1, 0.15) is 0 Å². The van der Waals surface area contributed by atoms with Gasteiger partial charge in [-0.1, -0.05) is 24.3 Å². The van der Waals surface area contributed by atoms with Gasteiger partial charge in [0.05, 0.1) is 6.57 Å². The predicted molar refractivity (Wildman–Crippen MR) is 132 cm³/mol. The maximum atomic E-state index is 12.5. The molecule has 2 aliphatic rings. The number of nitrogens with one attached hydrogen (secondary N) is 1. The second kappa shape index (κ2) is 11.4. The number of carbonyl (C=O) groups is 2. The number of alkyl halides is 3. The van der Waals surface area contributed by atoms with Crippen molar-refractivity contribution in [2.75, 3.05) is 29.9 Å². The molecule has 2 aromatic carbocycles. The van der Waals surface area contributed by atoms with Crippen LogP contribution in [0.1, 0.15) is 42.1 Å². The number of amides is 1. The van der Waals surface area contributed by atoms with E-state index in [1.807, 2.05) is 13.0 Å². The van der Waals surface area contributed by atoms with E-state index in [0.29, 0.717) is 23.3 Å². The summed E-state index contributed by atoms with van der Waals surface area (Å²) < 4.78 is 31.7. The van der Waals surface area contributed by atoms with Gasteiger partial charge in [0, 0.05) is 42.1 Å². The molecule has 0 saturated carbocycles. The molecule has 0 spiro atoms. The molecule has 2 unspecified atom stereocenters. The molecule has 2 aromatic rings. The molecule has 7 nitrogen and oxygen atoms in total. The molecule has 2 saturated heterocycles. The molecule has 0 aliphatic carbocycles. The van der Waals surface area contributed by atoms with E-state index >= 15 is 0 Å². The zero-order valence-electron chi connectivity index (χ0n) is 20.2. The van der Waals surface area contributed by atoms with E-state index < -0.39 is 12.1 Å². The van der Waals surface area contributed by atoms with Crippen molar-refractivity contribution in [1.82, 2.24) is 4.90 Å². The number of hydrogen-bond donors (Lipinski definition) is 2. The fourth-order valence-corrected chi connectivity index (χ4v) is 4.61. The second-order valence-electron chi connectivity index (χ2n) is 9.03. The van der Waals surface area contributed by atoms with Crippen molar-refractivity contribution >= 4 is 28.9 Å². The summed E-state index contributed by atoms with van der Waals surface area (Å²) in [6.07, 6.45) is -1.21. The third-order valence-electron chi connectivity index (χ3n) is 6.56. The standard InChI is InChI=1S/C24H28N4O.C2HF3O2/c1-17-15-21(27-14-12-22(16-27)28-13-4-5-18(28)2)10-11-23(17)26-24(29)19-6-8-20(25-3)9-7-19;3-2(4,5)1(6)7/h6-11,15,18,22H,4-5,12-14,16H2,1-2H3,(H,26,29);(H,6,7). The first-order valence-electron chi connectivity index (χ1n) is 11.7. The first-order chi connectivity index (χ1) is 17.0. The van der Waals surface area contributed by atoms with Gasteiger partial charge in [0.2, 0.25) is 0 Å². The molecule has 4 rings (SSSR count). The molecule has 36 heavy (non-hydrogen) atoms. The van der Waals surface area contributed by atoms with E-state index in [-0.39, 0.29) is 5.91 Å². The van der Waals surface area contributed by atoms with Crippen molar-refractivity contribution in [3.05, 3.63) is 65.0 Å². The zero-order chi connectivity index (χ0) is 26.5. The van der Waals surface area contributed by atoms with Crippen LogP contribution in [0.2, 0.25) is 0 Å². The number of rotatable bonds is 4. The second-order valence-corrected chi connectivity index (χ2v) is 9.03. The Balaban J connectivity index is 0.000000454. The lowest BCUT2D eigenvalue weighted by Crippen LogP contribution is -2.39. The smallest absolute Gasteiger partial charge is 0.475 e. The molecule has 2 heterocycles. The summed E-state index contributed by atoms with van der Waals surface area (Å²) in [5.41, 5.74) is 4.22. The SMILES string of the molecule is O=C(O)C(F)(F)F.[C-]#[N+]c1ccc(C(=O)Nc2ccc(N3CCC(N4CCCC4C)C3)cc2C)cc1. The molecule has 2 fully saturated rings. The average Bonchev–Trinajstić information content (AvgIpc) is 3.49. The number of aliphatic carboxylic acids is 1. The third kappa shape index (κ3) is 6.76. The van der Waals surface area contributed by atoms with Crippen LogP contribution in [0.5, 0.6) is 0 Å². The molecule has 2 N–H and O–H groups in total. The summed E-state index contributed by atoms with van der Waals surface area (Å²) in [6.45, 7) is 14.8. The first-order valence-corrected chi connectivity index (χ1v) is 11.7. The van der Waals surface area contributed by atoms with Crippen LogP contribution in [-0.4, -0.2) is 59.8 Å². The Bertz CT molecular complexity index is 1130. The van der Waals surface area contributed by atoms with Crippen molar-refractivity contribution in [3.8, 4) is 0 Å². The lowest BCUT2D eigenvalue weighted by atomic mass is 10.1. The van der Waals surface area contributed by atoms with E-state index in [2.05, 4.69) is 39.0 Å². The molecule has 192 valence electrons. The van der Waals surface area contributed by atoms with Crippen LogP contribution >= 0.6 is 0 Å². The minimum absolute atomic E-state index is 0.151. The summed E-state index contributed by atoms with van der Waals surface area (Å²) in [5.74, 6) is -2.91. The van der Waals surface area contributed by atoms with E-state index in [9.17, 15) is 18.0 Å². The van der Waals surface area contributed by atoms with Gasteiger partial charge in [-0.15, -0.1) is 0 Å². The number of carboxylic acid groups (broad SMARTS) is 1. The largest absolute Gasteiger partial charge is 0.490 e. The highest BCUT2D eigenvalue weighted by atomic mass is 19.4. The van der Waals surface area contributed by atoms with Crippen LogP contribution in [-0.2, 0) is 4.79 Å². The summed E-state index contributed by atoms with van der Waals surface area (Å²) in [5, 5.41) is 10.1. The Labute approximate surface area is 208 Å². The highest BCUT2D eigenvalue weighted by Gasteiger charge is 2.38. The van der Waals surface area contributed by atoms with Gasteiger partial charge in [-0.05, 0) is 63.4 Å². The quantitative estimate of drug-likeness (QED) is 0.541. The topological polar surface area (TPSA) is 77.2 Å². The van der Waals surface area contributed by atoms with Gasteiger partial charge in [-0.2, -0.15) is 13.2 Å². The highest BCUT2D eigenvalue weighted by Crippen LogP contribution is 2.30. The van der Waals surface area contributed by atoms with Crippen LogP contribution in [0, 0.1) is 13.5 Å². The number of benzene rings is 2. The van der Waals surface area contributed by atoms with E-state index in [1.165, 1.54) is 31.5 Å². The fraction of sp³-hybridized carbons (Fsp3) is 0.423. The van der Waals surface area contributed by atoms with Gasteiger partial charge in [0.25, 0.3) is 5.91 Å². The average molecular weight is 503 g/mol. The number of aryl methyl sites for hydroxylation is 1. The van der Waals surface area contributed by atoms with E-state index in [1.54, 1.807) is 24.3 Å². The minimum Gasteiger partial charge on any atom is -0.475 e. The Morgan fingerprint density at radius 1 is 1.11 bits per heavy atom. The maximum Gasteiger partial charge on any atom is 0.490 e. The normalized spacial score (nSPS) is 19.8. The van der Waals surface area contributed by atoms with Gasteiger partial charge < -0.3 is 15.3 Å². The first kappa shape index (κ1) is 27.0. The van der Waals surface area contributed by atoms with Gasteiger partial charge in [-0.3, -0.25) is 9.69 Å². The van der Waals surface area contributed by atoms with Crippen molar-refractivity contribution in [3.63, 3.8) is 0 Å². The Morgan fingerprint density at radius 2 is 1.78 bits per heavy atom. The molecule has 2 aliphatic heterocycles. The maximum absolute atomic E-state index is 12.5. The van der Waals surface area contributed by atoms with Gasteiger partial charge in [0.15, 0.2) is 5.69 Å². The molecule has 0 aromatic heterocycles. The number of nitrogens with zero attached hydrogens (tertiary/aromatic N) is 3. The van der Waals surface area contributed by atoms with Crippen LogP contribution in [0.4, 0.5) is 30.2 Å². The summed E-state index contributed by atoms with van der Waals surface area (Å²) in [6, 6.07) is 14.4. The van der Waals surface area contributed by atoms with Crippen molar-refractivity contribution in [1.29, 1.82) is 0 Å². The summed E-state index contributed by atoms with van der Waals surface area (Å²) in [7, 11) is 0. The number of halogens is 3. The van der Waals surface area contributed by atoms with E-state index in [4.69, 9.17) is 16.5 Å². The van der Waals surface area contributed by atoms with E-state index in [0.717, 1.165) is 24.3 Å². The molecule has 10 heteroatoms. The van der Waals surface area contributed by atoms with Gasteiger partial charge in [-0.25, -0.2) is 9.64 Å². The van der Waals surface area contributed by atoms with Crippen molar-refractivity contribution in [2.24, 2.45) is 0 Å². The summed E-state index contributed by atoms with van der Waals surface area (Å²) >= 11 is 0. The molecular formula is C26H29F3N4O3. The monoisotopic (exact) mass is 502 g/mol. The van der Waals surface area contributed by atoms with Crippen LogP contribution in [0.15, 0.2) is 42.5 Å². The van der Waals surface area contributed by atoms with Crippen LogP contribution in [0.25, 0.3) is 4.85 Å². The number of hydrogen-bond acceptors (Lipinski definition) is 4. The number of carbonyl (C=O) groups excluding carboxylic acids is 1. The predicted octanol–water partition coefficient (Wildman–Crippen LogP) is 5.49. The van der Waals surface area contributed by atoms with Gasteiger partial charge >= 0.3 is 12.1 Å². The highest BCUT2D eigenvalue weighted by molar-refractivity contribution is 6.04. The minimum atomic E-state index is -5.08. The molecule has 0 radical (unpaired) electrons. The number of carboxylic acids is 1.